The van der Waals surface area contributed by atoms with Crippen molar-refractivity contribution in [1.29, 1.82) is 0 Å². The minimum Gasteiger partial charge on any atom is -1.00 e. The third kappa shape index (κ3) is 10.7. The van der Waals surface area contributed by atoms with E-state index in [-0.39, 0.29) is 29.9 Å². The van der Waals surface area contributed by atoms with E-state index in [4.69, 9.17) is 4.74 Å². The summed E-state index contributed by atoms with van der Waals surface area (Å²) in [7, 11) is -1.12. The van der Waals surface area contributed by atoms with Crippen LogP contribution in [0.5, 0.6) is 0 Å². The summed E-state index contributed by atoms with van der Waals surface area (Å²) in [5, 5.41) is 0. The van der Waals surface area contributed by atoms with Crippen LogP contribution in [0.4, 0.5) is 0 Å². The van der Waals surface area contributed by atoms with Gasteiger partial charge in [0.15, 0.2) is 6.35 Å². The van der Waals surface area contributed by atoms with Crippen molar-refractivity contribution < 1.29 is 33.5 Å². The van der Waals surface area contributed by atoms with Gasteiger partial charge < -0.3 is 28.7 Å². The predicted octanol–water partition coefficient (Wildman–Crippen LogP) is 2.49. The van der Waals surface area contributed by atoms with Crippen molar-refractivity contribution in [3.63, 3.8) is 0 Å². The molecule has 0 atom stereocenters. The van der Waals surface area contributed by atoms with Gasteiger partial charge in [-0.1, -0.05) is 46.6 Å². The molecule has 0 bridgehead atoms. The van der Waals surface area contributed by atoms with Crippen molar-refractivity contribution in [1.82, 2.24) is 0 Å². The summed E-state index contributed by atoms with van der Waals surface area (Å²) in [5.41, 5.74) is 0.518. The number of carbonyl (C=O) groups excluding carboxylic acids is 1. The number of ether oxygens (including phenoxy) is 1. The van der Waals surface area contributed by atoms with Gasteiger partial charge >= 0.3 is 5.97 Å². The number of unbranched alkanes of at least 4 members (excludes halogenated alkanes) is 3. The van der Waals surface area contributed by atoms with Gasteiger partial charge in [0.1, 0.15) is 0 Å². The second-order valence-electron chi connectivity index (χ2n) is 5.91. The fourth-order valence-electron chi connectivity index (χ4n) is 2.33. The Labute approximate surface area is 149 Å². The lowest BCUT2D eigenvalue weighted by Crippen LogP contribution is -3.00. The molecule has 0 fully saturated rings. The molecule has 2 nitrogen and oxygen atoms in total. The van der Waals surface area contributed by atoms with Gasteiger partial charge in [0.05, 0.1) is 25.7 Å². The van der Waals surface area contributed by atoms with Crippen LogP contribution in [0.2, 0.25) is 0 Å². The van der Waals surface area contributed by atoms with Crippen LogP contribution in [0.1, 0.15) is 66.2 Å². The molecule has 0 aliphatic carbocycles. The number of halogens is 1. The second kappa shape index (κ2) is 14.0. The van der Waals surface area contributed by atoms with Gasteiger partial charge in [0.25, 0.3) is 0 Å². The predicted molar refractivity (Wildman–Crippen MR) is 92.0 cm³/mol. The molecule has 0 aliphatic heterocycles. The fourth-order valence-corrected chi connectivity index (χ4v) is 6.74. The molecule has 0 rings (SSSR count). The topological polar surface area (TPSA) is 26.3 Å². The van der Waals surface area contributed by atoms with E-state index >= 15 is 0 Å². The van der Waals surface area contributed by atoms with Crippen LogP contribution in [-0.2, 0) is 9.53 Å². The highest BCUT2D eigenvalue weighted by Gasteiger charge is 2.37. The zero-order valence-corrected chi connectivity index (χ0v) is 17.5. The third-order valence-electron chi connectivity index (χ3n) is 3.78. The highest BCUT2D eigenvalue weighted by atomic mass is 127. The minimum atomic E-state index is -1.12. The first-order chi connectivity index (χ1) is 9.51. The van der Waals surface area contributed by atoms with Crippen molar-refractivity contribution in [3.8, 4) is 0 Å². The number of hydrogen-bond donors (Lipinski definition) is 0. The maximum absolute atomic E-state index is 11.7. The highest BCUT2D eigenvalue weighted by Crippen LogP contribution is 2.60. The van der Waals surface area contributed by atoms with Gasteiger partial charge in [-0.3, -0.25) is 0 Å². The molecule has 0 saturated heterocycles. The molecule has 0 aliphatic rings. The molecule has 0 amide bonds. The van der Waals surface area contributed by atoms with Gasteiger partial charge in [0.2, 0.25) is 0 Å². The molecule has 0 radical (unpaired) electrons. The van der Waals surface area contributed by atoms with Crippen molar-refractivity contribution >= 4 is 13.2 Å². The zero-order valence-electron chi connectivity index (χ0n) is 14.4. The van der Waals surface area contributed by atoms with E-state index in [1.165, 1.54) is 57.0 Å². The summed E-state index contributed by atoms with van der Waals surface area (Å²) in [6.07, 6.45) is 12.0. The van der Waals surface area contributed by atoms with Crippen molar-refractivity contribution in [3.05, 3.63) is 12.2 Å². The Morgan fingerprint density at radius 2 is 1.33 bits per heavy atom. The van der Waals surface area contributed by atoms with E-state index in [0.717, 1.165) is 0 Å². The van der Waals surface area contributed by atoms with E-state index in [1.54, 1.807) is 6.92 Å². The number of esters is 1. The van der Waals surface area contributed by atoms with E-state index in [0.29, 0.717) is 11.9 Å². The Kier molecular flexibility index (Phi) is 15.7. The summed E-state index contributed by atoms with van der Waals surface area (Å²) in [5.74, 6) is -0.209. The Morgan fingerprint density at radius 3 is 1.62 bits per heavy atom. The van der Waals surface area contributed by atoms with Crippen molar-refractivity contribution in [2.45, 2.75) is 66.2 Å². The standard InChI is InChI=1S/C17H34O2P.HI/c1-6-9-12-20(13-10-7-2,14-11-8-3)15-19-17(18)16(4)5;/h4,6-15H2,1-3,5H3;1H/q+1;/p-1. The smallest absolute Gasteiger partial charge is 0.336 e. The average Bonchev–Trinajstić information content (AvgIpc) is 2.45. The van der Waals surface area contributed by atoms with Crippen molar-refractivity contribution in [2.75, 3.05) is 24.8 Å². The van der Waals surface area contributed by atoms with Crippen LogP contribution in [0.15, 0.2) is 12.2 Å². The SMILES string of the molecule is C=C(C)C(=O)OC[P+](CCCC)(CCCC)CCCC.[I-]. The molecule has 0 unspecified atom stereocenters. The summed E-state index contributed by atoms with van der Waals surface area (Å²) in [4.78, 5) is 11.7. The fraction of sp³-hybridized carbons (Fsp3) is 0.824. The second-order valence-corrected chi connectivity index (χ2v) is 10.2. The molecule has 0 saturated carbocycles. The Bertz CT molecular complexity index is 271. The minimum absolute atomic E-state index is 0. The van der Waals surface area contributed by atoms with Crippen molar-refractivity contribution in [2.24, 2.45) is 0 Å². The zero-order chi connectivity index (χ0) is 15.4. The van der Waals surface area contributed by atoms with Gasteiger partial charge in [0, 0.05) is 5.57 Å². The van der Waals surface area contributed by atoms with E-state index < -0.39 is 7.26 Å². The highest BCUT2D eigenvalue weighted by molar-refractivity contribution is 7.75. The van der Waals surface area contributed by atoms with Gasteiger partial charge in [-0.2, -0.15) is 0 Å². The summed E-state index contributed by atoms with van der Waals surface area (Å²) < 4.78 is 5.57. The molecule has 0 spiro atoms. The van der Waals surface area contributed by atoms with Gasteiger partial charge in [-0.15, -0.1) is 0 Å². The lowest BCUT2D eigenvalue weighted by atomic mass is 10.4. The van der Waals surface area contributed by atoms with Crippen LogP contribution in [0.25, 0.3) is 0 Å². The summed E-state index contributed by atoms with van der Waals surface area (Å²) in [6, 6.07) is 0. The number of rotatable bonds is 12. The molecule has 0 heterocycles. The van der Waals surface area contributed by atoms with Crippen LogP contribution < -0.4 is 24.0 Å². The first-order valence-electron chi connectivity index (χ1n) is 8.19. The number of hydrogen-bond acceptors (Lipinski definition) is 2. The van der Waals surface area contributed by atoms with Crippen LogP contribution >= 0.6 is 7.26 Å². The maximum Gasteiger partial charge on any atom is 0.336 e. The Morgan fingerprint density at radius 1 is 0.952 bits per heavy atom. The first kappa shape index (κ1) is 23.6. The quantitative estimate of drug-likeness (QED) is 0.207. The third-order valence-corrected chi connectivity index (χ3v) is 8.25. The van der Waals surface area contributed by atoms with E-state index in [1.807, 2.05) is 0 Å². The molecule has 21 heavy (non-hydrogen) atoms. The number of carbonyl (C=O) groups is 1. The van der Waals surface area contributed by atoms with Crippen LogP contribution in [0, 0.1) is 0 Å². The van der Waals surface area contributed by atoms with Crippen LogP contribution in [-0.4, -0.2) is 30.8 Å². The maximum atomic E-state index is 11.7. The largest absolute Gasteiger partial charge is 1.00 e. The monoisotopic (exact) mass is 428 g/mol. The average molecular weight is 428 g/mol. The lowest BCUT2D eigenvalue weighted by molar-refractivity contribution is -0.136. The molecular weight excluding hydrogens is 394 g/mol. The molecule has 0 N–H and O–H groups in total. The van der Waals surface area contributed by atoms with Crippen LogP contribution in [0.3, 0.4) is 0 Å². The van der Waals surface area contributed by atoms with Gasteiger partial charge in [-0.05, 0) is 26.2 Å². The molecule has 4 heteroatoms. The van der Waals surface area contributed by atoms with E-state index in [2.05, 4.69) is 27.4 Å². The summed E-state index contributed by atoms with van der Waals surface area (Å²) in [6.45, 7) is 12.1. The Balaban J connectivity index is 0. The van der Waals surface area contributed by atoms with E-state index in [9.17, 15) is 4.79 Å². The normalized spacial score (nSPS) is 10.9. The summed E-state index contributed by atoms with van der Waals surface area (Å²) >= 11 is 0. The molecule has 0 aromatic carbocycles. The lowest BCUT2D eigenvalue weighted by Gasteiger charge is -2.27. The molecular formula is C17H34IO2P. The first-order valence-corrected chi connectivity index (χ1v) is 10.7. The Hall–Kier alpha value is 0.370. The van der Waals surface area contributed by atoms with Gasteiger partial charge in [-0.25, -0.2) is 4.79 Å². The molecule has 0 aromatic rings. The molecule has 126 valence electrons. The molecule has 0 aromatic heterocycles.